The van der Waals surface area contributed by atoms with Gasteiger partial charge in [-0.1, -0.05) is 19.9 Å². The third-order valence-electron chi connectivity index (χ3n) is 5.54. The molecule has 3 rings (SSSR count). The minimum absolute atomic E-state index is 0.0151. The summed E-state index contributed by atoms with van der Waals surface area (Å²) in [6.07, 6.45) is 4.31. The number of aryl methyl sites for hydroxylation is 1. The van der Waals surface area contributed by atoms with Crippen LogP contribution < -0.4 is 5.32 Å². The summed E-state index contributed by atoms with van der Waals surface area (Å²) >= 11 is 1.74. The molecule has 1 fully saturated rings. The van der Waals surface area contributed by atoms with Crippen LogP contribution in [0.2, 0.25) is 0 Å². The number of amides is 1. The Morgan fingerprint density at radius 2 is 2.07 bits per heavy atom. The number of nitrogens with zero attached hydrogens (tertiary/aromatic N) is 2. The first-order valence-electron chi connectivity index (χ1n) is 10.5. The maximum atomic E-state index is 12.8. The molecule has 0 radical (unpaired) electrons. The Bertz CT molecular complexity index is 749. The molecule has 28 heavy (non-hydrogen) atoms. The number of nitrogens with one attached hydrogen (secondary N) is 1. The number of rotatable bonds is 8. The Hall–Kier alpha value is -1.72. The molecule has 4 nitrogen and oxygen atoms in total. The third-order valence-corrected chi connectivity index (χ3v) is 6.48. The first kappa shape index (κ1) is 21.0. The zero-order valence-corrected chi connectivity index (χ0v) is 18.2. The number of aromatic nitrogens is 1. The van der Waals surface area contributed by atoms with Crippen LogP contribution in [0.25, 0.3) is 0 Å². The van der Waals surface area contributed by atoms with Crippen LogP contribution in [-0.2, 0) is 6.42 Å². The van der Waals surface area contributed by atoms with Crippen molar-refractivity contribution < 1.29 is 4.79 Å². The average Bonchev–Trinajstić information content (AvgIpc) is 3.20. The van der Waals surface area contributed by atoms with Gasteiger partial charge in [-0.3, -0.25) is 9.78 Å². The van der Waals surface area contributed by atoms with E-state index in [1.165, 1.54) is 17.8 Å². The highest BCUT2D eigenvalue weighted by Gasteiger charge is 2.25. The van der Waals surface area contributed by atoms with Crippen molar-refractivity contribution in [3.63, 3.8) is 0 Å². The van der Waals surface area contributed by atoms with Gasteiger partial charge in [0.25, 0.3) is 5.91 Å². The van der Waals surface area contributed by atoms with Crippen molar-refractivity contribution in [2.45, 2.75) is 52.4 Å². The fourth-order valence-electron chi connectivity index (χ4n) is 3.80. The van der Waals surface area contributed by atoms with Crippen LogP contribution in [0, 0.1) is 12.8 Å². The van der Waals surface area contributed by atoms with E-state index < -0.39 is 0 Å². The third kappa shape index (κ3) is 5.89. The van der Waals surface area contributed by atoms with Gasteiger partial charge in [0, 0.05) is 23.0 Å². The summed E-state index contributed by atoms with van der Waals surface area (Å²) in [4.78, 5) is 21.5. The predicted molar refractivity (Wildman–Crippen MR) is 117 cm³/mol. The summed E-state index contributed by atoms with van der Waals surface area (Å²) in [6, 6.07) is 8.08. The van der Waals surface area contributed by atoms with Crippen molar-refractivity contribution in [3.05, 3.63) is 51.5 Å². The fraction of sp³-hybridized carbons (Fsp3) is 0.565. The van der Waals surface area contributed by atoms with Gasteiger partial charge in [0.2, 0.25) is 0 Å². The molecule has 152 valence electrons. The van der Waals surface area contributed by atoms with Crippen molar-refractivity contribution in [1.82, 2.24) is 15.2 Å². The van der Waals surface area contributed by atoms with Crippen molar-refractivity contribution in [3.8, 4) is 0 Å². The lowest BCUT2D eigenvalue weighted by Crippen LogP contribution is -2.35. The number of thiophene rings is 1. The summed E-state index contributed by atoms with van der Waals surface area (Å²) in [7, 11) is 0. The topological polar surface area (TPSA) is 45.2 Å². The molecular formula is C23H33N3OS. The molecule has 0 unspecified atom stereocenters. The molecule has 3 heterocycles. The lowest BCUT2D eigenvalue weighted by Gasteiger charge is -2.32. The van der Waals surface area contributed by atoms with Crippen molar-refractivity contribution in [1.29, 1.82) is 0 Å². The zero-order chi connectivity index (χ0) is 19.9. The minimum Gasteiger partial charge on any atom is -0.352 e. The molecule has 5 heteroatoms. The van der Waals surface area contributed by atoms with Gasteiger partial charge in [0.1, 0.15) is 0 Å². The van der Waals surface area contributed by atoms with E-state index in [1.807, 2.05) is 19.1 Å². The molecule has 1 aliphatic heterocycles. The standard InChI is InChI=1S/C23H33N3OS/c1-17(2)9-13-26-14-10-19(11-15-26)22-21(7-6-18(3)25-22)23(27)24-12-8-20-5-4-16-28-20/h4-7,16-17,19H,8-15H2,1-3H3,(H,24,27). The number of carbonyl (C=O) groups excluding carboxylic acids is 1. The average molecular weight is 400 g/mol. The molecule has 1 aliphatic rings. The van der Waals surface area contributed by atoms with Crippen LogP contribution in [0.4, 0.5) is 0 Å². The maximum absolute atomic E-state index is 12.8. The lowest BCUT2D eigenvalue weighted by molar-refractivity contribution is 0.0951. The molecule has 2 aromatic rings. The quantitative estimate of drug-likeness (QED) is 0.703. The largest absolute Gasteiger partial charge is 0.352 e. The van der Waals surface area contributed by atoms with Crippen molar-refractivity contribution in [2.24, 2.45) is 5.92 Å². The highest BCUT2D eigenvalue weighted by Crippen LogP contribution is 2.29. The van der Waals surface area contributed by atoms with E-state index >= 15 is 0 Å². The van der Waals surface area contributed by atoms with E-state index in [-0.39, 0.29) is 5.91 Å². The lowest BCUT2D eigenvalue weighted by atomic mass is 9.89. The molecule has 0 atom stereocenters. The van der Waals surface area contributed by atoms with E-state index in [0.717, 1.165) is 55.2 Å². The van der Waals surface area contributed by atoms with Gasteiger partial charge in [-0.05, 0) is 81.7 Å². The van der Waals surface area contributed by atoms with Crippen LogP contribution in [0.1, 0.15) is 65.7 Å². The van der Waals surface area contributed by atoms with Gasteiger partial charge < -0.3 is 10.2 Å². The van der Waals surface area contributed by atoms with Crippen LogP contribution >= 0.6 is 11.3 Å². The molecule has 0 saturated carbocycles. The highest BCUT2D eigenvalue weighted by molar-refractivity contribution is 7.09. The number of pyridine rings is 1. The normalized spacial score (nSPS) is 15.9. The van der Waals surface area contributed by atoms with Gasteiger partial charge in [-0.15, -0.1) is 11.3 Å². The van der Waals surface area contributed by atoms with Crippen LogP contribution in [0.15, 0.2) is 29.6 Å². The Morgan fingerprint density at radius 1 is 1.29 bits per heavy atom. The molecule has 1 N–H and O–H groups in total. The van der Waals surface area contributed by atoms with Crippen LogP contribution in [0.5, 0.6) is 0 Å². The van der Waals surface area contributed by atoms with E-state index in [2.05, 4.69) is 41.6 Å². The van der Waals surface area contributed by atoms with Gasteiger partial charge in [0.15, 0.2) is 0 Å². The van der Waals surface area contributed by atoms with Gasteiger partial charge in [0.05, 0.1) is 11.3 Å². The SMILES string of the molecule is Cc1ccc(C(=O)NCCc2cccs2)c(C2CCN(CCC(C)C)CC2)n1. The monoisotopic (exact) mass is 399 g/mol. The number of carbonyl (C=O) groups is 1. The number of likely N-dealkylation sites (tertiary alicyclic amines) is 1. The second-order valence-electron chi connectivity index (χ2n) is 8.27. The van der Waals surface area contributed by atoms with E-state index in [1.54, 1.807) is 11.3 Å². The Labute approximate surface area is 173 Å². The first-order chi connectivity index (χ1) is 13.5. The highest BCUT2D eigenvalue weighted by atomic mass is 32.1. The van der Waals surface area contributed by atoms with E-state index in [9.17, 15) is 4.79 Å². The maximum Gasteiger partial charge on any atom is 0.253 e. The number of hydrogen-bond acceptors (Lipinski definition) is 4. The van der Waals surface area contributed by atoms with Crippen molar-refractivity contribution >= 4 is 17.2 Å². The zero-order valence-electron chi connectivity index (χ0n) is 17.4. The predicted octanol–water partition coefficient (Wildman–Crippen LogP) is 4.65. The molecular weight excluding hydrogens is 366 g/mol. The molecule has 0 bridgehead atoms. The van der Waals surface area contributed by atoms with Gasteiger partial charge in [-0.25, -0.2) is 0 Å². The molecule has 1 saturated heterocycles. The second kappa shape index (κ2) is 10.2. The number of hydrogen-bond donors (Lipinski definition) is 1. The van der Waals surface area contributed by atoms with E-state index in [4.69, 9.17) is 4.98 Å². The van der Waals surface area contributed by atoms with Gasteiger partial charge >= 0.3 is 0 Å². The summed E-state index contributed by atoms with van der Waals surface area (Å²) in [5.41, 5.74) is 2.75. The Morgan fingerprint density at radius 3 is 2.75 bits per heavy atom. The molecule has 2 aromatic heterocycles. The van der Waals surface area contributed by atoms with Gasteiger partial charge in [-0.2, -0.15) is 0 Å². The van der Waals surface area contributed by atoms with Crippen LogP contribution in [-0.4, -0.2) is 42.0 Å². The first-order valence-corrected chi connectivity index (χ1v) is 11.4. The summed E-state index contributed by atoms with van der Waals surface area (Å²) in [6.45, 7) is 10.6. The smallest absolute Gasteiger partial charge is 0.253 e. The summed E-state index contributed by atoms with van der Waals surface area (Å²) in [5, 5.41) is 5.17. The Kier molecular flexibility index (Phi) is 7.63. The minimum atomic E-state index is 0.0151. The van der Waals surface area contributed by atoms with Crippen molar-refractivity contribution in [2.75, 3.05) is 26.2 Å². The molecule has 0 aliphatic carbocycles. The van der Waals surface area contributed by atoms with Crippen LogP contribution in [0.3, 0.4) is 0 Å². The molecule has 0 aromatic carbocycles. The fourth-order valence-corrected chi connectivity index (χ4v) is 4.51. The Balaban J connectivity index is 1.60. The second-order valence-corrected chi connectivity index (χ2v) is 9.30. The number of piperidine rings is 1. The molecule has 1 amide bonds. The molecule has 0 spiro atoms. The summed E-state index contributed by atoms with van der Waals surface area (Å²) in [5.74, 6) is 1.15. The summed E-state index contributed by atoms with van der Waals surface area (Å²) < 4.78 is 0. The van der Waals surface area contributed by atoms with E-state index in [0.29, 0.717) is 12.5 Å².